The van der Waals surface area contributed by atoms with E-state index in [4.69, 9.17) is 0 Å². The molecule has 0 spiro atoms. The van der Waals surface area contributed by atoms with Crippen LogP contribution in [0.4, 0.5) is 0 Å². The standard InChI is InChI=1S/C13H16N2O/c1-4-10-5-6-11-9(2)8-15(3)13(16)7-12(11)14-10/h5-6,8H,4,7H2,1-3H3. The minimum Gasteiger partial charge on any atom is -0.322 e. The van der Waals surface area contributed by atoms with Crippen molar-refractivity contribution in [3.8, 4) is 0 Å². The Morgan fingerprint density at radius 2 is 2.19 bits per heavy atom. The number of carbonyl (C=O) groups is 1. The Balaban J connectivity index is 2.52. The molecule has 1 aliphatic heterocycles. The van der Waals surface area contributed by atoms with Crippen LogP contribution in [-0.2, 0) is 17.6 Å². The second kappa shape index (κ2) is 4.08. The molecule has 0 N–H and O–H groups in total. The van der Waals surface area contributed by atoms with Gasteiger partial charge in [0, 0.05) is 24.5 Å². The van der Waals surface area contributed by atoms with E-state index in [1.165, 1.54) is 0 Å². The molecule has 3 nitrogen and oxygen atoms in total. The van der Waals surface area contributed by atoms with Gasteiger partial charge in [-0.05, 0) is 25.0 Å². The Kier molecular flexibility index (Phi) is 2.77. The lowest BCUT2D eigenvalue weighted by Crippen LogP contribution is -2.22. The monoisotopic (exact) mass is 216 g/mol. The molecule has 0 saturated carbocycles. The number of carbonyl (C=O) groups excluding carboxylic acids is 1. The predicted octanol–water partition coefficient (Wildman–Crippen LogP) is 2.02. The first-order valence-corrected chi connectivity index (χ1v) is 5.55. The number of likely N-dealkylation sites (N-methyl/N-ethyl adjacent to an activating group) is 1. The largest absolute Gasteiger partial charge is 0.322 e. The van der Waals surface area contributed by atoms with Crippen molar-refractivity contribution in [1.82, 2.24) is 9.88 Å². The van der Waals surface area contributed by atoms with Crippen LogP contribution < -0.4 is 0 Å². The summed E-state index contributed by atoms with van der Waals surface area (Å²) < 4.78 is 0. The van der Waals surface area contributed by atoms with Gasteiger partial charge in [-0.2, -0.15) is 0 Å². The number of hydrogen-bond donors (Lipinski definition) is 0. The lowest BCUT2D eigenvalue weighted by Gasteiger charge is -2.08. The summed E-state index contributed by atoms with van der Waals surface area (Å²) in [7, 11) is 1.79. The second-order valence-corrected chi connectivity index (χ2v) is 4.14. The lowest BCUT2D eigenvalue weighted by atomic mass is 10.0. The van der Waals surface area contributed by atoms with Crippen molar-refractivity contribution < 1.29 is 4.79 Å². The summed E-state index contributed by atoms with van der Waals surface area (Å²) in [5.74, 6) is 0.0962. The molecular weight excluding hydrogens is 200 g/mol. The molecule has 0 atom stereocenters. The number of pyridine rings is 1. The molecule has 1 aliphatic rings. The average molecular weight is 216 g/mol. The van der Waals surface area contributed by atoms with Gasteiger partial charge in [0.2, 0.25) is 5.91 Å². The fraction of sp³-hybridized carbons (Fsp3) is 0.385. The summed E-state index contributed by atoms with van der Waals surface area (Å²) in [5.41, 5.74) is 4.14. The summed E-state index contributed by atoms with van der Waals surface area (Å²) in [5, 5.41) is 0. The molecule has 3 heteroatoms. The number of aromatic nitrogens is 1. The first kappa shape index (κ1) is 10.9. The van der Waals surface area contributed by atoms with Crippen LogP contribution in [0.15, 0.2) is 18.3 Å². The molecule has 0 aliphatic carbocycles. The minimum absolute atomic E-state index is 0.0962. The Hall–Kier alpha value is -1.64. The van der Waals surface area contributed by atoms with Crippen LogP contribution in [0.3, 0.4) is 0 Å². The van der Waals surface area contributed by atoms with Crippen LogP contribution in [0.5, 0.6) is 0 Å². The molecule has 2 heterocycles. The van der Waals surface area contributed by atoms with Crippen molar-refractivity contribution >= 4 is 11.5 Å². The maximum Gasteiger partial charge on any atom is 0.232 e. The maximum atomic E-state index is 11.8. The second-order valence-electron chi connectivity index (χ2n) is 4.14. The van der Waals surface area contributed by atoms with Gasteiger partial charge in [0.05, 0.1) is 12.1 Å². The Morgan fingerprint density at radius 3 is 2.88 bits per heavy atom. The Bertz CT molecular complexity index is 463. The molecule has 0 fully saturated rings. The van der Waals surface area contributed by atoms with E-state index >= 15 is 0 Å². The molecule has 16 heavy (non-hydrogen) atoms. The third-order valence-electron chi connectivity index (χ3n) is 2.92. The van der Waals surface area contributed by atoms with Crippen molar-refractivity contribution in [2.24, 2.45) is 0 Å². The molecule has 84 valence electrons. The van der Waals surface area contributed by atoms with Gasteiger partial charge < -0.3 is 4.90 Å². The summed E-state index contributed by atoms with van der Waals surface area (Å²) in [4.78, 5) is 17.9. The van der Waals surface area contributed by atoms with Crippen LogP contribution >= 0.6 is 0 Å². The minimum atomic E-state index is 0.0962. The zero-order chi connectivity index (χ0) is 11.7. The molecule has 1 aromatic heterocycles. The van der Waals surface area contributed by atoms with Crippen LogP contribution in [0, 0.1) is 0 Å². The van der Waals surface area contributed by atoms with Gasteiger partial charge in [-0.3, -0.25) is 9.78 Å². The van der Waals surface area contributed by atoms with E-state index in [-0.39, 0.29) is 5.91 Å². The van der Waals surface area contributed by atoms with Crippen molar-refractivity contribution in [2.75, 3.05) is 7.05 Å². The third-order valence-corrected chi connectivity index (χ3v) is 2.92. The zero-order valence-corrected chi connectivity index (χ0v) is 9.95. The highest BCUT2D eigenvalue weighted by Gasteiger charge is 2.18. The number of nitrogens with zero attached hydrogens (tertiary/aromatic N) is 2. The van der Waals surface area contributed by atoms with E-state index in [2.05, 4.69) is 18.0 Å². The third kappa shape index (κ3) is 1.85. The molecule has 1 amide bonds. The summed E-state index contributed by atoms with van der Waals surface area (Å²) >= 11 is 0. The SMILES string of the molecule is CCc1ccc2c(n1)CC(=O)N(C)C=C2C. The zero-order valence-electron chi connectivity index (χ0n) is 9.95. The van der Waals surface area contributed by atoms with Crippen molar-refractivity contribution in [2.45, 2.75) is 26.7 Å². The molecular formula is C13H16N2O. The fourth-order valence-corrected chi connectivity index (χ4v) is 1.94. The van der Waals surface area contributed by atoms with E-state index < -0.39 is 0 Å². The summed E-state index contributed by atoms with van der Waals surface area (Å²) in [6, 6.07) is 4.10. The van der Waals surface area contributed by atoms with E-state index in [1.807, 2.05) is 19.2 Å². The van der Waals surface area contributed by atoms with Crippen LogP contribution in [0.2, 0.25) is 0 Å². The Labute approximate surface area is 95.8 Å². The van der Waals surface area contributed by atoms with Gasteiger partial charge in [-0.15, -0.1) is 0 Å². The van der Waals surface area contributed by atoms with Gasteiger partial charge >= 0.3 is 0 Å². The molecule has 0 saturated heterocycles. The van der Waals surface area contributed by atoms with Gasteiger partial charge in [0.15, 0.2) is 0 Å². The van der Waals surface area contributed by atoms with E-state index in [1.54, 1.807) is 11.9 Å². The van der Waals surface area contributed by atoms with Gasteiger partial charge in [-0.25, -0.2) is 0 Å². The number of rotatable bonds is 1. The van der Waals surface area contributed by atoms with E-state index in [0.29, 0.717) is 6.42 Å². The first-order valence-electron chi connectivity index (χ1n) is 5.55. The van der Waals surface area contributed by atoms with E-state index in [0.717, 1.165) is 28.9 Å². The number of aryl methyl sites for hydroxylation is 1. The first-order chi connectivity index (χ1) is 7.61. The highest BCUT2D eigenvalue weighted by Crippen LogP contribution is 2.22. The predicted molar refractivity (Wildman–Crippen MR) is 63.7 cm³/mol. The van der Waals surface area contributed by atoms with Crippen molar-refractivity contribution in [3.05, 3.63) is 35.3 Å². The number of amides is 1. The smallest absolute Gasteiger partial charge is 0.232 e. The van der Waals surface area contributed by atoms with Crippen molar-refractivity contribution in [3.63, 3.8) is 0 Å². The normalized spacial score (nSPS) is 15.6. The molecule has 2 rings (SSSR count). The maximum absolute atomic E-state index is 11.8. The van der Waals surface area contributed by atoms with Crippen LogP contribution in [0.1, 0.15) is 30.8 Å². The topological polar surface area (TPSA) is 33.2 Å². The molecule has 0 radical (unpaired) electrons. The van der Waals surface area contributed by atoms with Gasteiger partial charge in [-0.1, -0.05) is 13.0 Å². The number of hydrogen-bond acceptors (Lipinski definition) is 2. The fourth-order valence-electron chi connectivity index (χ4n) is 1.94. The molecule has 1 aromatic rings. The van der Waals surface area contributed by atoms with Crippen molar-refractivity contribution in [1.29, 1.82) is 0 Å². The summed E-state index contributed by atoms with van der Waals surface area (Å²) in [6.45, 7) is 4.09. The van der Waals surface area contributed by atoms with E-state index in [9.17, 15) is 4.79 Å². The number of fused-ring (bicyclic) bond motifs is 1. The molecule has 0 bridgehead atoms. The average Bonchev–Trinajstić information content (AvgIpc) is 2.37. The van der Waals surface area contributed by atoms with Crippen LogP contribution in [-0.4, -0.2) is 22.8 Å². The highest BCUT2D eigenvalue weighted by molar-refractivity contribution is 5.84. The molecule has 0 unspecified atom stereocenters. The highest BCUT2D eigenvalue weighted by atomic mass is 16.2. The molecule has 0 aromatic carbocycles. The lowest BCUT2D eigenvalue weighted by molar-refractivity contribution is -0.126. The Morgan fingerprint density at radius 1 is 1.44 bits per heavy atom. The summed E-state index contributed by atoms with van der Waals surface area (Å²) in [6.07, 6.45) is 3.18. The van der Waals surface area contributed by atoms with Gasteiger partial charge in [0.25, 0.3) is 0 Å². The number of allylic oxidation sites excluding steroid dienone is 1. The van der Waals surface area contributed by atoms with Gasteiger partial charge in [0.1, 0.15) is 0 Å². The van der Waals surface area contributed by atoms with Crippen LogP contribution in [0.25, 0.3) is 5.57 Å². The quantitative estimate of drug-likeness (QED) is 0.719.